The summed E-state index contributed by atoms with van der Waals surface area (Å²) in [5, 5.41) is 18.6. The molecule has 6 heteroatoms. The molecule has 0 saturated heterocycles. The number of nitrogens with zero attached hydrogens (tertiary/aromatic N) is 1. The van der Waals surface area contributed by atoms with Gasteiger partial charge in [-0.25, -0.2) is 4.79 Å². The molecular formula is C29H33NO4S. The number of carbonyl (C=O) groups is 2. The van der Waals surface area contributed by atoms with Crippen LogP contribution < -0.4 is 0 Å². The van der Waals surface area contributed by atoms with Gasteiger partial charge in [0.1, 0.15) is 0 Å². The van der Waals surface area contributed by atoms with Gasteiger partial charge in [0, 0.05) is 11.1 Å². The number of benzene rings is 2. The Morgan fingerprint density at radius 3 is 2.14 bits per heavy atom. The Morgan fingerprint density at radius 2 is 1.43 bits per heavy atom. The number of carboxylic acids is 2. The lowest BCUT2D eigenvalue weighted by Gasteiger charge is -2.18. The van der Waals surface area contributed by atoms with E-state index in [2.05, 4.69) is 35.3 Å². The molecule has 0 saturated carbocycles. The molecule has 2 aromatic carbocycles. The van der Waals surface area contributed by atoms with Gasteiger partial charge >= 0.3 is 11.9 Å². The van der Waals surface area contributed by atoms with Gasteiger partial charge in [-0.05, 0) is 55.0 Å². The number of hydrogen-bond donors (Lipinski definition) is 2. The van der Waals surface area contributed by atoms with Gasteiger partial charge in [0.05, 0.1) is 22.9 Å². The van der Waals surface area contributed by atoms with Gasteiger partial charge in [-0.3, -0.25) is 9.78 Å². The van der Waals surface area contributed by atoms with Crippen LogP contribution in [0.25, 0.3) is 0 Å². The molecule has 0 aliphatic heterocycles. The van der Waals surface area contributed by atoms with Crippen molar-refractivity contribution >= 4 is 23.7 Å². The number of aromatic nitrogens is 1. The Hall–Kier alpha value is -3.12. The van der Waals surface area contributed by atoms with Gasteiger partial charge in [0.2, 0.25) is 0 Å². The number of pyridine rings is 1. The summed E-state index contributed by atoms with van der Waals surface area (Å²) in [5.41, 5.74) is 3.36. The highest BCUT2D eigenvalue weighted by Gasteiger charge is 2.23. The molecule has 1 atom stereocenters. The Balaban J connectivity index is 1.53. The lowest BCUT2D eigenvalue weighted by Crippen LogP contribution is -2.09. The maximum absolute atomic E-state index is 11.6. The Bertz CT molecular complexity index is 1090. The summed E-state index contributed by atoms with van der Waals surface area (Å²) < 4.78 is 0. The number of aliphatic carboxylic acids is 1. The molecule has 0 aliphatic carbocycles. The van der Waals surface area contributed by atoms with Crippen molar-refractivity contribution in [3.05, 3.63) is 95.3 Å². The summed E-state index contributed by atoms with van der Waals surface area (Å²) in [4.78, 5) is 28.3. The van der Waals surface area contributed by atoms with Crippen molar-refractivity contribution in [2.24, 2.45) is 0 Å². The average Bonchev–Trinajstić information content (AvgIpc) is 2.86. The number of rotatable bonds is 15. The third-order valence-electron chi connectivity index (χ3n) is 5.98. The number of thioether (sulfide) groups is 1. The SMILES string of the molecule is O=C(O)CC(Sc1ccccc1C(=O)O)c1ncccc1CCCCCCCCc1ccccc1. The zero-order chi connectivity index (χ0) is 24.9. The molecule has 0 amide bonds. The molecule has 0 fully saturated rings. The van der Waals surface area contributed by atoms with E-state index in [0.717, 1.165) is 36.9 Å². The van der Waals surface area contributed by atoms with E-state index < -0.39 is 17.2 Å². The number of unbranched alkanes of at least 4 members (excludes halogenated alkanes) is 5. The summed E-state index contributed by atoms with van der Waals surface area (Å²) in [5.74, 6) is -1.95. The zero-order valence-corrected chi connectivity index (χ0v) is 20.8. The van der Waals surface area contributed by atoms with E-state index in [9.17, 15) is 19.8 Å². The van der Waals surface area contributed by atoms with Gasteiger partial charge in [0.15, 0.2) is 0 Å². The molecule has 1 heterocycles. The number of hydrogen-bond acceptors (Lipinski definition) is 4. The molecule has 0 radical (unpaired) electrons. The minimum atomic E-state index is -1.02. The van der Waals surface area contributed by atoms with Crippen molar-refractivity contribution in [3.63, 3.8) is 0 Å². The van der Waals surface area contributed by atoms with Gasteiger partial charge in [-0.15, -0.1) is 11.8 Å². The summed E-state index contributed by atoms with van der Waals surface area (Å²) in [7, 11) is 0. The summed E-state index contributed by atoms with van der Waals surface area (Å²) >= 11 is 1.27. The van der Waals surface area contributed by atoms with E-state index in [-0.39, 0.29) is 12.0 Å². The topological polar surface area (TPSA) is 87.5 Å². The normalized spacial score (nSPS) is 11.8. The second-order valence-corrected chi connectivity index (χ2v) is 9.90. The molecule has 2 N–H and O–H groups in total. The van der Waals surface area contributed by atoms with Crippen LogP contribution >= 0.6 is 11.8 Å². The Morgan fingerprint density at radius 1 is 0.771 bits per heavy atom. The molecule has 1 aromatic heterocycles. The molecule has 1 unspecified atom stereocenters. The van der Waals surface area contributed by atoms with Crippen molar-refractivity contribution in [2.75, 3.05) is 0 Å². The van der Waals surface area contributed by atoms with E-state index in [1.807, 2.05) is 12.1 Å². The van der Waals surface area contributed by atoms with Crippen LogP contribution in [0.4, 0.5) is 0 Å². The summed E-state index contributed by atoms with van der Waals surface area (Å²) in [6, 6.07) is 21.2. The third kappa shape index (κ3) is 8.87. The summed E-state index contributed by atoms with van der Waals surface area (Å²) in [6.07, 6.45) is 10.5. The Kier molecular flexibility index (Phi) is 10.8. The average molecular weight is 492 g/mol. The van der Waals surface area contributed by atoms with Crippen LogP contribution in [0.3, 0.4) is 0 Å². The highest BCUT2D eigenvalue weighted by molar-refractivity contribution is 7.99. The maximum atomic E-state index is 11.6. The molecule has 0 spiro atoms. The van der Waals surface area contributed by atoms with Crippen LogP contribution in [0, 0.1) is 0 Å². The first-order chi connectivity index (χ1) is 17.0. The standard InChI is InChI=1S/C29H33NO4S/c31-27(32)21-26(35-25-19-11-10-18-24(25)29(33)34)28-23(17-12-20-30-28)16-9-4-2-1-3-6-13-22-14-7-5-8-15-22/h5,7-8,10-12,14-15,17-20,26H,1-4,6,9,13,16,21H2,(H,31,32)(H,33,34). The minimum Gasteiger partial charge on any atom is -0.481 e. The molecule has 35 heavy (non-hydrogen) atoms. The van der Waals surface area contributed by atoms with Crippen LogP contribution in [0.5, 0.6) is 0 Å². The molecule has 0 bridgehead atoms. The van der Waals surface area contributed by atoms with Crippen molar-refractivity contribution in [1.82, 2.24) is 4.98 Å². The minimum absolute atomic E-state index is 0.121. The highest BCUT2D eigenvalue weighted by Crippen LogP contribution is 2.40. The molecule has 5 nitrogen and oxygen atoms in total. The number of aromatic carboxylic acids is 1. The van der Waals surface area contributed by atoms with E-state index in [1.54, 1.807) is 30.5 Å². The molecule has 3 aromatic rings. The smallest absolute Gasteiger partial charge is 0.336 e. The van der Waals surface area contributed by atoms with Gasteiger partial charge in [-0.1, -0.05) is 74.2 Å². The molecular weight excluding hydrogens is 458 g/mol. The fourth-order valence-corrected chi connectivity index (χ4v) is 5.50. The molecule has 184 valence electrons. The van der Waals surface area contributed by atoms with Crippen molar-refractivity contribution in [1.29, 1.82) is 0 Å². The number of aryl methyl sites for hydroxylation is 2. The second-order valence-electron chi connectivity index (χ2n) is 8.66. The first kappa shape index (κ1) is 26.5. The maximum Gasteiger partial charge on any atom is 0.336 e. The van der Waals surface area contributed by atoms with Gasteiger partial charge < -0.3 is 10.2 Å². The zero-order valence-electron chi connectivity index (χ0n) is 19.9. The van der Waals surface area contributed by atoms with Crippen molar-refractivity contribution in [3.8, 4) is 0 Å². The fourth-order valence-electron chi connectivity index (χ4n) is 4.20. The second kappa shape index (κ2) is 14.3. The van der Waals surface area contributed by atoms with Crippen molar-refractivity contribution < 1.29 is 19.8 Å². The van der Waals surface area contributed by atoms with E-state index in [1.165, 1.54) is 43.0 Å². The first-order valence-corrected chi connectivity index (χ1v) is 13.1. The first-order valence-electron chi connectivity index (χ1n) is 12.2. The van der Waals surface area contributed by atoms with Crippen molar-refractivity contribution in [2.45, 2.75) is 67.9 Å². The van der Waals surface area contributed by atoms with E-state index >= 15 is 0 Å². The number of carboxylic acid groups (broad SMARTS) is 2. The van der Waals surface area contributed by atoms with Crippen LogP contribution in [0.15, 0.2) is 77.8 Å². The lowest BCUT2D eigenvalue weighted by atomic mass is 10.0. The van der Waals surface area contributed by atoms with E-state index in [4.69, 9.17) is 0 Å². The highest BCUT2D eigenvalue weighted by atomic mass is 32.2. The van der Waals surface area contributed by atoms with Crippen LogP contribution in [-0.2, 0) is 17.6 Å². The summed E-state index contributed by atoms with van der Waals surface area (Å²) in [6.45, 7) is 0. The third-order valence-corrected chi connectivity index (χ3v) is 7.27. The van der Waals surface area contributed by atoms with Gasteiger partial charge in [-0.2, -0.15) is 0 Å². The fraction of sp³-hybridized carbons (Fsp3) is 0.345. The molecule has 3 rings (SSSR count). The lowest BCUT2D eigenvalue weighted by molar-refractivity contribution is -0.137. The van der Waals surface area contributed by atoms with E-state index in [0.29, 0.717) is 4.90 Å². The van der Waals surface area contributed by atoms with Gasteiger partial charge in [0.25, 0.3) is 0 Å². The van der Waals surface area contributed by atoms with Crippen LogP contribution in [0.2, 0.25) is 0 Å². The van der Waals surface area contributed by atoms with Crippen LogP contribution in [0.1, 0.15) is 77.4 Å². The predicted octanol–water partition coefficient (Wildman–Crippen LogP) is 7.21. The monoisotopic (exact) mass is 491 g/mol. The molecule has 0 aliphatic rings. The Labute approximate surface area is 211 Å². The van der Waals surface area contributed by atoms with Crippen LogP contribution in [-0.4, -0.2) is 27.1 Å². The predicted molar refractivity (Wildman–Crippen MR) is 140 cm³/mol. The quantitative estimate of drug-likeness (QED) is 0.172. The largest absolute Gasteiger partial charge is 0.481 e.